The van der Waals surface area contributed by atoms with Crippen molar-refractivity contribution in [2.24, 2.45) is 5.10 Å². The van der Waals surface area contributed by atoms with Crippen LogP contribution in [0.3, 0.4) is 0 Å². The van der Waals surface area contributed by atoms with Crippen LogP contribution in [0.5, 0.6) is 0 Å². The molecule has 1 atom stereocenters. The highest BCUT2D eigenvalue weighted by molar-refractivity contribution is 7.15. The summed E-state index contributed by atoms with van der Waals surface area (Å²) in [5.74, 6) is 0.0398. The summed E-state index contributed by atoms with van der Waals surface area (Å²) < 4.78 is 5.84. The molecule has 130 valence electrons. The molecule has 2 heterocycles. The van der Waals surface area contributed by atoms with Crippen molar-refractivity contribution in [3.05, 3.63) is 62.5 Å². The topological polar surface area (TPSA) is 85.0 Å². The summed E-state index contributed by atoms with van der Waals surface area (Å²) >= 11 is 0.974. The highest BCUT2D eigenvalue weighted by Crippen LogP contribution is 2.36. The van der Waals surface area contributed by atoms with Crippen LogP contribution in [0, 0.1) is 10.1 Å². The minimum absolute atomic E-state index is 0.000490. The largest absolute Gasteiger partial charge is 0.445 e. The Bertz CT molecular complexity index is 829. The number of carbonyl (C=O) groups is 1. The van der Waals surface area contributed by atoms with Crippen LogP contribution in [0.1, 0.15) is 42.5 Å². The molecule has 0 N–H and O–H groups in total. The van der Waals surface area contributed by atoms with Crippen LogP contribution >= 0.6 is 11.3 Å². The Kier molecular flexibility index (Phi) is 4.80. The predicted molar refractivity (Wildman–Crippen MR) is 94.3 cm³/mol. The smallest absolute Gasteiger partial charge is 0.324 e. The number of nitrogens with zero attached hydrogens (tertiary/aromatic N) is 3. The van der Waals surface area contributed by atoms with Crippen molar-refractivity contribution in [3.63, 3.8) is 0 Å². The van der Waals surface area contributed by atoms with Gasteiger partial charge in [-0.25, -0.2) is 0 Å². The molecule has 1 amide bonds. The summed E-state index contributed by atoms with van der Waals surface area (Å²) in [6.45, 7) is 3.50. The van der Waals surface area contributed by atoms with Gasteiger partial charge in [0.25, 0.3) is 0 Å². The number of benzene rings is 1. The van der Waals surface area contributed by atoms with Gasteiger partial charge < -0.3 is 4.74 Å². The molecule has 0 bridgehead atoms. The van der Waals surface area contributed by atoms with Crippen LogP contribution in [0.25, 0.3) is 0 Å². The summed E-state index contributed by atoms with van der Waals surface area (Å²) in [5.41, 5.74) is 1.98. The molecule has 0 saturated carbocycles. The first kappa shape index (κ1) is 17.1. The van der Waals surface area contributed by atoms with E-state index < -0.39 is 11.2 Å². The Morgan fingerprint density at radius 3 is 2.60 bits per heavy atom. The van der Waals surface area contributed by atoms with Crippen LogP contribution in [-0.4, -0.2) is 21.7 Å². The fraction of sp³-hybridized carbons (Fsp3) is 0.294. The lowest BCUT2D eigenvalue weighted by Crippen LogP contribution is -2.24. The first-order valence-corrected chi connectivity index (χ1v) is 8.69. The van der Waals surface area contributed by atoms with E-state index >= 15 is 0 Å². The SMILES string of the molecule is CCCc1ccc(C2=NN(C(C)=O)C(c3ccc([N+](=O)[O-])s3)O2)cc1. The molecule has 0 spiro atoms. The van der Waals surface area contributed by atoms with E-state index in [-0.39, 0.29) is 10.9 Å². The second kappa shape index (κ2) is 7.02. The highest BCUT2D eigenvalue weighted by atomic mass is 32.1. The van der Waals surface area contributed by atoms with Crippen molar-refractivity contribution in [2.75, 3.05) is 0 Å². The van der Waals surface area contributed by atoms with Crippen molar-refractivity contribution in [1.82, 2.24) is 5.01 Å². The Labute approximate surface area is 148 Å². The molecule has 8 heteroatoms. The molecule has 0 radical (unpaired) electrons. The highest BCUT2D eigenvalue weighted by Gasteiger charge is 2.35. The molecular weight excluding hydrogens is 342 g/mol. The molecule has 1 unspecified atom stereocenters. The van der Waals surface area contributed by atoms with Gasteiger partial charge in [-0.05, 0) is 30.2 Å². The number of ether oxygens (including phenoxy) is 1. The van der Waals surface area contributed by atoms with Crippen molar-refractivity contribution >= 4 is 28.1 Å². The third-order valence-electron chi connectivity index (χ3n) is 3.74. The summed E-state index contributed by atoms with van der Waals surface area (Å²) in [5, 5.41) is 16.4. The fourth-order valence-corrected chi connectivity index (χ4v) is 3.38. The number of hydrogen-bond acceptors (Lipinski definition) is 6. The fourth-order valence-electron chi connectivity index (χ4n) is 2.55. The minimum Gasteiger partial charge on any atom is -0.445 e. The van der Waals surface area contributed by atoms with Gasteiger partial charge in [0.05, 0.1) is 9.80 Å². The van der Waals surface area contributed by atoms with Gasteiger partial charge in [0.15, 0.2) is 0 Å². The average Bonchev–Trinajstić information content (AvgIpc) is 3.23. The predicted octanol–water partition coefficient (Wildman–Crippen LogP) is 3.85. The number of hydrazone groups is 1. The molecule has 0 fully saturated rings. The normalized spacial score (nSPS) is 16.5. The maximum absolute atomic E-state index is 11.9. The molecule has 2 aromatic rings. The Morgan fingerprint density at radius 1 is 1.32 bits per heavy atom. The van der Waals surface area contributed by atoms with E-state index in [2.05, 4.69) is 12.0 Å². The molecule has 3 rings (SSSR count). The van der Waals surface area contributed by atoms with Gasteiger partial charge in [0.1, 0.15) is 0 Å². The van der Waals surface area contributed by atoms with E-state index in [4.69, 9.17) is 4.74 Å². The number of aryl methyl sites for hydroxylation is 1. The molecule has 0 aliphatic carbocycles. The molecule has 1 aliphatic heterocycles. The molecule has 1 aromatic heterocycles. The summed E-state index contributed by atoms with van der Waals surface area (Å²) in [6, 6.07) is 10.8. The van der Waals surface area contributed by atoms with Gasteiger partial charge in [0.2, 0.25) is 18.0 Å². The standard InChI is InChI=1S/C17H17N3O4S/c1-3-4-12-5-7-13(8-6-12)16-18-19(11(2)21)17(24-16)14-9-10-15(25-14)20(22)23/h5-10,17H,3-4H2,1-2H3. The Hall–Kier alpha value is -2.74. The lowest BCUT2D eigenvalue weighted by Gasteiger charge is -2.17. The average molecular weight is 359 g/mol. The Morgan fingerprint density at radius 2 is 2.04 bits per heavy atom. The van der Waals surface area contributed by atoms with E-state index in [9.17, 15) is 14.9 Å². The quantitative estimate of drug-likeness (QED) is 0.599. The van der Waals surface area contributed by atoms with Crippen LogP contribution < -0.4 is 0 Å². The number of amides is 1. The third kappa shape index (κ3) is 3.53. The van der Waals surface area contributed by atoms with Crippen molar-refractivity contribution in [1.29, 1.82) is 0 Å². The first-order chi connectivity index (χ1) is 12.0. The molecule has 1 aromatic carbocycles. The van der Waals surface area contributed by atoms with E-state index in [1.807, 2.05) is 24.3 Å². The van der Waals surface area contributed by atoms with Gasteiger partial charge in [-0.15, -0.1) is 5.10 Å². The zero-order valence-electron chi connectivity index (χ0n) is 13.8. The summed E-state index contributed by atoms with van der Waals surface area (Å²) in [6.07, 6.45) is 1.28. The van der Waals surface area contributed by atoms with Crippen LogP contribution in [0.15, 0.2) is 41.5 Å². The molecule has 7 nitrogen and oxygen atoms in total. The van der Waals surface area contributed by atoms with Gasteiger partial charge in [-0.3, -0.25) is 14.9 Å². The molecular formula is C17H17N3O4S. The number of carbonyl (C=O) groups excluding carboxylic acids is 1. The Balaban J connectivity index is 1.86. The van der Waals surface area contributed by atoms with E-state index in [1.165, 1.54) is 23.6 Å². The summed E-state index contributed by atoms with van der Waals surface area (Å²) in [4.78, 5) is 22.9. The van der Waals surface area contributed by atoms with Crippen molar-refractivity contribution in [2.45, 2.75) is 32.9 Å². The number of thiophene rings is 1. The number of nitro groups is 1. The van der Waals surface area contributed by atoms with Crippen molar-refractivity contribution in [3.8, 4) is 0 Å². The maximum atomic E-state index is 11.9. The lowest BCUT2D eigenvalue weighted by atomic mass is 10.1. The van der Waals surface area contributed by atoms with E-state index in [1.54, 1.807) is 6.07 Å². The monoisotopic (exact) mass is 359 g/mol. The zero-order valence-corrected chi connectivity index (χ0v) is 14.7. The van der Waals surface area contributed by atoms with Crippen LogP contribution in [0.4, 0.5) is 5.00 Å². The van der Waals surface area contributed by atoms with Gasteiger partial charge >= 0.3 is 5.00 Å². The van der Waals surface area contributed by atoms with E-state index in [0.29, 0.717) is 10.8 Å². The van der Waals surface area contributed by atoms with Gasteiger partial charge in [-0.2, -0.15) is 5.01 Å². The zero-order chi connectivity index (χ0) is 18.0. The van der Waals surface area contributed by atoms with E-state index in [0.717, 1.165) is 29.7 Å². The van der Waals surface area contributed by atoms with Crippen LogP contribution in [0.2, 0.25) is 0 Å². The second-order valence-electron chi connectivity index (χ2n) is 5.62. The van der Waals surface area contributed by atoms with Gasteiger partial charge in [0, 0.05) is 18.6 Å². The second-order valence-corrected chi connectivity index (χ2v) is 6.71. The van der Waals surface area contributed by atoms with Gasteiger partial charge in [-0.1, -0.05) is 36.8 Å². The number of rotatable bonds is 5. The molecule has 1 aliphatic rings. The molecule has 0 saturated heterocycles. The van der Waals surface area contributed by atoms with Crippen LogP contribution in [-0.2, 0) is 16.0 Å². The molecule has 25 heavy (non-hydrogen) atoms. The summed E-state index contributed by atoms with van der Waals surface area (Å²) in [7, 11) is 0. The maximum Gasteiger partial charge on any atom is 0.324 e. The third-order valence-corrected chi connectivity index (χ3v) is 4.81. The minimum atomic E-state index is -0.776. The lowest BCUT2D eigenvalue weighted by molar-refractivity contribution is -0.380. The van der Waals surface area contributed by atoms with Crippen molar-refractivity contribution < 1.29 is 14.5 Å². The first-order valence-electron chi connectivity index (χ1n) is 7.88. The number of hydrogen-bond donors (Lipinski definition) is 0.